The quantitative estimate of drug-likeness (QED) is 0.480. The molecule has 0 bridgehead atoms. The number of nitrogens with one attached hydrogen (secondary N) is 1. The van der Waals surface area contributed by atoms with Gasteiger partial charge < -0.3 is 19.4 Å². The fraction of sp³-hybridized carbons (Fsp3) is 0.346. The Hall–Kier alpha value is -3.79. The Morgan fingerprint density at radius 2 is 1.83 bits per heavy atom. The number of hydroxylamine groups is 1. The summed E-state index contributed by atoms with van der Waals surface area (Å²) < 4.78 is 33.4. The molecule has 1 fully saturated rings. The number of halogens is 2. The highest BCUT2D eigenvalue weighted by Gasteiger charge is 2.43. The number of aryl methyl sites for hydroxylation is 1. The van der Waals surface area contributed by atoms with Crippen molar-refractivity contribution < 1.29 is 32.8 Å². The number of rotatable bonds is 7. The molecule has 4 rings (SSSR count). The summed E-state index contributed by atoms with van der Waals surface area (Å²) in [7, 11) is 0. The zero-order valence-corrected chi connectivity index (χ0v) is 20.1. The van der Waals surface area contributed by atoms with E-state index in [1.165, 1.54) is 47.4 Å². The van der Waals surface area contributed by atoms with Gasteiger partial charge in [0.1, 0.15) is 29.4 Å². The molecule has 1 saturated heterocycles. The van der Waals surface area contributed by atoms with Gasteiger partial charge in [0.2, 0.25) is 5.91 Å². The molecule has 0 saturated carbocycles. The van der Waals surface area contributed by atoms with Gasteiger partial charge in [0.15, 0.2) is 5.75 Å². The Kier molecular flexibility index (Phi) is 7.35. The lowest BCUT2D eigenvalue weighted by molar-refractivity contribution is -0.143. The summed E-state index contributed by atoms with van der Waals surface area (Å²) in [6, 6.07) is 10.2. The second kappa shape index (κ2) is 10.4. The molecule has 1 aliphatic rings. The molecule has 3 unspecified atom stereocenters. The zero-order chi connectivity index (χ0) is 26.0. The zero-order valence-electron chi connectivity index (χ0n) is 20.1. The molecule has 0 spiro atoms. The number of hydrogen-bond donors (Lipinski definition) is 2. The topological polar surface area (TPSA) is 105 Å². The van der Waals surface area contributed by atoms with Gasteiger partial charge in [0, 0.05) is 19.0 Å². The molecule has 2 heterocycles. The SMILES string of the molecule is Cc1cc(C(C(=O)N2CC(O)CC2C(=O)NOc2ccc(-c3c(F)cccc3F)cc2)C(C)C)on1. The number of aliphatic hydroxyl groups excluding tert-OH is 1. The van der Waals surface area contributed by atoms with E-state index in [1.807, 2.05) is 13.8 Å². The summed E-state index contributed by atoms with van der Waals surface area (Å²) in [6.07, 6.45) is -0.823. The molecule has 2 amide bonds. The maximum Gasteiger partial charge on any atom is 0.275 e. The third kappa shape index (κ3) is 5.23. The number of benzene rings is 2. The highest BCUT2D eigenvalue weighted by Crippen LogP contribution is 2.31. The smallest absolute Gasteiger partial charge is 0.275 e. The van der Waals surface area contributed by atoms with E-state index in [1.54, 1.807) is 13.0 Å². The maximum atomic E-state index is 14.0. The van der Waals surface area contributed by atoms with Crippen LogP contribution in [0.5, 0.6) is 5.75 Å². The number of aliphatic hydroxyl groups is 1. The van der Waals surface area contributed by atoms with E-state index in [0.717, 1.165) is 0 Å². The predicted octanol–water partition coefficient (Wildman–Crippen LogP) is 3.74. The van der Waals surface area contributed by atoms with Crippen molar-refractivity contribution >= 4 is 11.8 Å². The number of hydrogen-bond acceptors (Lipinski definition) is 6. The molecule has 0 aliphatic carbocycles. The second-order valence-electron chi connectivity index (χ2n) is 9.18. The first-order chi connectivity index (χ1) is 17.2. The largest absolute Gasteiger partial charge is 0.391 e. The normalized spacial score (nSPS) is 18.4. The lowest BCUT2D eigenvalue weighted by Crippen LogP contribution is -2.48. The van der Waals surface area contributed by atoms with Crippen molar-refractivity contribution in [3.8, 4) is 16.9 Å². The summed E-state index contributed by atoms with van der Waals surface area (Å²) in [5, 5.41) is 14.1. The maximum absolute atomic E-state index is 14.0. The predicted molar refractivity (Wildman–Crippen MR) is 126 cm³/mol. The third-order valence-corrected chi connectivity index (χ3v) is 6.13. The van der Waals surface area contributed by atoms with Crippen molar-refractivity contribution in [2.75, 3.05) is 6.54 Å². The molecule has 2 N–H and O–H groups in total. The van der Waals surface area contributed by atoms with Crippen LogP contribution < -0.4 is 10.3 Å². The van der Waals surface area contributed by atoms with Crippen LogP contribution in [0.3, 0.4) is 0 Å². The molecule has 1 aliphatic heterocycles. The van der Waals surface area contributed by atoms with Crippen LogP contribution in [0.25, 0.3) is 11.1 Å². The Labute approximate surface area is 206 Å². The van der Waals surface area contributed by atoms with Gasteiger partial charge in [-0.3, -0.25) is 9.59 Å². The molecule has 8 nitrogen and oxygen atoms in total. The number of likely N-dealkylation sites (tertiary alicyclic amines) is 1. The highest BCUT2D eigenvalue weighted by atomic mass is 19.1. The number of aromatic nitrogens is 1. The van der Waals surface area contributed by atoms with E-state index in [4.69, 9.17) is 9.36 Å². The monoisotopic (exact) mass is 499 g/mol. The van der Waals surface area contributed by atoms with Crippen LogP contribution in [-0.4, -0.2) is 45.7 Å². The lowest BCUT2D eigenvalue weighted by Gasteiger charge is -2.28. The molecule has 36 heavy (non-hydrogen) atoms. The summed E-state index contributed by atoms with van der Waals surface area (Å²) in [4.78, 5) is 33.0. The molecule has 190 valence electrons. The first-order valence-corrected chi connectivity index (χ1v) is 11.6. The van der Waals surface area contributed by atoms with Gasteiger partial charge in [-0.25, -0.2) is 8.78 Å². The van der Waals surface area contributed by atoms with E-state index in [9.17, 15) is 23.5 Å². The molecule has 1 aromatic heterocycles. The number of carbonyl (C=O) groups is 2. The third-order valence-electron chi connectivity index (χ3n) is 6.13. The van der Waals surface area contributed by atoms with Gasteiger partial charge in [-0.1, -0.05) is 37.2 Å². The average molecular weight is 500 g/mol. The van der Waals surface area contributed by atoms with Gasteiger partial charge >= 0.3 is 0 Å². The Morgan fingerprint density at radius 3 is 2.42 bits per heavy atom. The van der Waals surface area contributed by atoms with Crippen molar-refractivity contribution in [2.45, 2.75) is 45.3 Å². The van der Waals surface area contributed by atoms with E-state index in [0.29, 0.717) is 17.0 Å². The number of amides is 2. The van der Waals surface area contributed by atoms with Gasteiger partial charge in [-0.15, -0.1) is 0 Å². The minimum atomic E-state index is -0.954. The van der Waals surface area contributed by atoms with Gasteiger partial charge in [-0.05, 0) is 42.7 Å². The van der Waals surface area contributed by atoms with Crippen LogP contribution in [0.15, 0.2) is 53.1 Å². The van der Waals surface area contributed by atoms with Crippen molar-refractivity contribution in [1.29, 1.82) is 0 Å². The minimum Gasteiger partial charge on any atom is -0.391 e. The van der Waals surface area contributed by atoms with Gasteiger partial charge in [0.05, 0.1) is 17.4 Å². The fourth-order valence-electron chi connectivity index (χ4n) is 4.39. The lowest BCUT2D eigenvalue weighted by atomic mass is 9.91. The van der Waals surface area contributed by atoms with E-state index < -0.39 is 35.6 Å². The molecule has 10 heteroatoms. The Balaban J connectivity index is 1.44. The standard InChI is InChI=1S/C26H27F2N3O5/c1-14(2)23(22-11-15(3)29-36-22)26(34)31-13-17(32)12-21(31)25(33)30-35-18-9-7-16(8-10-18)24-19(27)5-4-6-20(24)28/h4-11,14,17,21,23,32H,12-13H2,1-3H3,(H,30,33). The van der Waals surface area contributed by atoms with Crippen LogP contribution in [0.2, 0.25) is 0 Å². The number of carbonyl (C=O) groups excluding carboxylic acids is 2. The van der Waals surface area contributed by atoms with Crippen LogP contribution in [0.1, 0.15) is 37.6 Å². The molecule has 2 aromatic carbocycles. The molecular weight excluding hydrogens is 472 g/mol. The summed E-state index contributed by atoms with van der Waals surface area (Å²) >= 11 is 0. The van der Waals surface area contributed by atoms with Crippen LogP contribution in [0, 0.1) is 24.5 Å². The van der Waals surface area contributed by atoms with E-state index in [2.05, 4.69) is 10.6 Å². The average Bonchev–Trinajstić information content (AvgIpc) is 3.43. The van der Waals surface area contributed by atoms with Crippen LogP contribution in [0.4, 0.5) is 8.78 Å². The van der Waals surface area contributed by atoms with Crippen LogP contribution >= 0.6 is 0 Å². The van der Waals surface area contributed by atoms with Crippen LogP contribution in [-0.2, 0) is 9.59 Å². The van der Waals surface area contributed by atoms with Crippen molar-refractivity contribution in [1.82, 2.24) is 15.5 Å². The number of nitrogens with zero attached hydrogens (tertiary/aromatic N) is 2. The first-order valence-electron chi connectivity index (χ1n) is 11.6. The summed E-state index contributed by atoms with van der Waals surface area (Å²) in [5.41, 5.74) is 3.09. The van der Waals surface area contributed by atoms with E-state index in [-0.39, 0.29) is 36.1 Å². The minimum absolute atomic E-state index is 0.00381. The molecular formula is C26H27F2N3O5. The van der Waals surface area contributed by atoms with Gasteiger partial charge in [-0.2, -0.15) is 5.48 Å². The summed E-state index contributed by atoms with van der Waals surface area (Å²) in [6.45, 7) is 5.47. The van der Waals surface area contributed by atoms with Crippen molar-refractivity contribution in [3.05, 3.63) is 71.6 Å². The Morgan fingerprint density at radius 1 is 1.17 bits per heavy atom. The highest BCUT2D eigenvalue weighted by molar-refractivity contribution is 5.91. The second-order valence-corrected chi connectivity index (χ2v) is 9.18. The Bertz CT molecular complexity index is 1220. The van der Waals surface area contributed by atoms with Crippen molar-refractivity contribution in [2.24, 2.45) is 5.92 Å². The molecule has 3 atom stereocenters. The van der Waals surface area contributed by atoms with E-state index >= 15 is 0 Å². The van der Waals surface area contributed by atoms with Gasteiger partial charge in [0.25, 0.3) is 5.91 Å². The first kappa shape index (κ1) is 25.3. The van der Waals surface area contributed by atoms with Crippen molar-refractivity contribution in [3.63, 3.8) is 0 Å². The number of β-amino-alcohol motifs (C(OH)–C–C–N with tert-alkyl or cyclic N) is 1. The fourth-order valence-corrected chi connectivity index (χ4v) is 4.39. The molecule has 3 aromatic rings. The summed E-state index contributed by atoms with van der Waals surface area (Å²) in [5.74, 6) is -2.54. The molecule has 0 radical (unpaired) electrons.